The summed E-state index contributed by atoms with van der Waals surface area (Å²) in [5, 5.41) is 9.38. The van der Waals surface area contributed by atoms with E-state index in [9.17, 15) is 19.5 Å². The fraction of sp³-hybridized carbons (Fsp3) is 0.609. The van der Waals surface area contributed by atoms with Gasteiger partial charge in [-0.1, -0.05) is 30.3 Å². The minimum atomic E-state index is -0.995. The van der Waals surface area contributed by atoms with Crippen molar-refractivity contribution in [2.75, 3.05) is 6.61 Å². The molecule has 4 rings (SSSR count). The molecule has 6 nitrogen and oxygen atoms in total. The fourth-order valence-corrected chi connectivity index (χ4v) is 5.05. The Hall–Kier alpha value is -2.37. The number of carbonyl (C=O) groups is 3. The van der Waals surface area contributed by atoms with E-state index >= 15 is 0 Å². The Morgan fingerprint density at radius 2 is 1.83 bits per heavy atom. The summed E-state index contributed by atoms with van der Waals surface area (Å²) in [5.74, 6) is -1.69. The summed E-state index contributed by atoms with van der Waals surface area (Å²) in [4.78, 5) is 38.2. The monoisotopic (exact) mass is 399 g/mol. The van der Waals surface area contributed by atoms with Gasteiger partial charge in [-0.2, -0.15) is 0 Å². The number of hydrogen-bond acceptors (Lipinski definition) is 4. The Morgan fingerprint density at radius 1 is 1.14 bits per heavy atom. The van der Waals surface area contributed by atoms with E-state index in [1.807, 2.05) is 30.3 Å². The van der Waals surface area contributed by atoms with Gasteiger partial charge in [-0.25, -0.2) is 9.69 Å². The Labute approximate surface area is 171 Å². The third-order valence-electron chi connectivity index (χ3n) is 7.02. The zero-order chi connectivity index (χ0) is 20.4. The van der Waals surface area contributed by atoms with Crippen LogP contribution in [0.5, 0.6) is 0 Å². The molecule has 2 atom stereocenters. The molecule has 0 radical (unpaired) electrons. The summed E-state index contributed by atoms with van der Waals surface area (Å²) in [5.41, 5.74) is 1.58. The van der Waals surface area contributed by atoms with Crippen LogP contribution in [0.1, 0.15) is 56.9 Å². The summed E-state index contributed by atoms with van der Waals surface area (Å²) in [7, 11) is 0. The molecule has 1 aliphatic heterocycles. The van der Waals surface area contributed by atoms with Gasteiger partial charge in [0, 0.05) is 5.92 Å². The summed E-state index contributed by atoms with van der Waals surface area (Å²) < 4.78 is 5.17. The van der Waals surface area contributed by atoms with E-state index in [2.05, 4.69) is 0 Å². The molecule has 2 saturated carbocycles. The van der Waals surface area contributed by atoms with Crippen LogP contribution in [-0.4, -0.2) is 40.6 Å². The lowest BCUT2D eigenvalue weighted by Gasteiger charge is -2.31. The zero-order valence-electron chi connectivity index (χ0n) is 16.7. The van der Waals surface area contributed by atoms with Crippen molar-refractivity contribution in [3.63, 3.8) is 0 Å². The van der Waals surface area contributed by atoms with E-state index in [4.69, 9.17) is 4.74 Å². The molecule has 1 heterocycles. The minimum Gasteiger partial charge on any atom is -0.481 e. The molecule has 0 aromatic heterocycles. The summed E-state index contributed by atoms with van der Waals surface area (Å²) in [6.07, 6.45) is 7.31. The Kier molecular flexibility index (Phi) is 5.61. The van der Waals surface area contributed by atoms with Gasteiger partial charge in [0.25, 0.3) is 0 Å². The van der Waals surface area contributed by atoms with Crippen molar-refractivity contribution in [1.82, 2.24) is 4.90 Å². The predicted octanol–water partition coefficient (Wildman–Crippen LogP) is 4.03. The van der Waals surface area contributed by atoms with Gasteiger partial charge in [0.2, 0.25) is 5.91 Å². The van der Waals surface area contributed by atoms with Crippen LogP contribution in [0.15, 0.2) is 30.3 Å². The average Bonchev–Trinajstić information content (AvgIpc) is 3.37. The number of amides is 2. The lowest BCUT2D eigenvalue weighted by atomic mass is 9.75. The van der Waals surface area contributed by atoms with Crippen LogP contribution < -0.4 is 0 Å². The number of rotatable bonds is 7. The van der Waals surface area contributed by atoms with E-state index in [-0.39, 0.29) is 25.0 Å². The molecule has 2 amide bonds. The lowest BCUT2D eigenvalue weighted by Crippen LogP contribution is -2.44. The predicted molar refractivity (Wildman–Crippen MR) is 106 cm³/mol. The first-order valence-corrected chi connectivity index (χ1v) is 10.7. The number of carboxylic acid groups (broad SMARTS) is 1. The number of aliphatic carboxylic acids is 1. The molecule has 1 saturated heterocycles. The van der Waals surface area contributed by atoms with Gasteiger partial charge in [-0.15, -0.1) is 0 Å². The van der Waals surface area contributed by atoms with Crippen LogP contribution >= 0.6 is 0 Å². The number of cyclic esters (lactones) is 1. The lowest BCUT2D eigenvalue weighted by molar-refractivity contribution is -0.144. The smallest absolute Gasteiger partial charge is 0.416 e. The maximum atomic E-state index is 13.3. The Bertz CT molecular complexity index is 763. The minimum absolute atomic E-state index is 0.158. The second-order valence-electron chi connectivity index (χ2n) is 9.10. The van der Waals surface area contributed by atoms with Crippen LogP contribution in [0.4, 0.5) is 4.79 Å². The molecule has 3 fully saturated rings. The van der Waals surface area contributed by atoms with Gasteiger partial charge >= 0.3 is 12.1 Å². The number of hydrogen-bond donors (Lipinski definition) is 1. The van der Waals surface area contributed by atoms with Gasteiger partial charge in [-0.3, -0.25) is 9.59 Å². The second kappa shape index (κ2) is 8.17. The molecule has 6 heteroatoms. The quantitative estimate of drug-likeness (QED) is 0.748. The molecular weight excluding hydrogens is 370 g/mol. The Balaban J connectivity index is 1.44. The maximum Gasteiger partial charge on any atom is 0.416 e. The van der Waals surface area contributed by atoms with Crippen molar-refractivity contribution < 1.29 is 24.2 Å². The van der Waals surface area contributed by atoms with E-state index in [0.29, 0.717) is 24.2 Å². The molecule has 3 aliphatic rings. The van der Waals surface area contributed by atoms with Gasteiger partial charge in [0.05, 0.1) is 12.5 Å². The van der Waals surface area contributed by atoms with Gasteiger partial charge in [0.15, 0.2) is 0 Å². The van der Waals surface area contributed by atoms with E-state index in [0.717, 1.165) is 18.4 Å². The molecule has 2 aliphatic carbocycles. The average molecular weight is 399 g/mol. The number of imide groups is 1. The molecule has 29 heavy (non-hydrogen) atoms. The largest absolute Gasteiger partial charge is 0.481 e. The standard InChI is InChI=1S/C23H29NO5/c25-20(26)14-18(12-17-6-8-23(9-7-17)10-11-23)21(27)24-19(15-29-22(24)28)13-16-4-2-1-3-5-16/h1-5,17-19H,6-15H2,(H,25,26)/t18-,19+/m1/s1. The maximum absolute atomic E-state index is 13.3. The number of carbonyl (C=O) groups excluding carboxylic acids is 2. The molecule has 1 aromatic rings. The van der Waals surface area contributed by atoms with Crippen molar-refractivity contribution in [1.29, 1.82) is 0 Å². The highest BCUT2D eigenvalue weighted by Crippen LogP contribution is 2.57. The highest BCUT2D eigenvalue weighted by molar-refractivity contribution is 5.96. The van der Waals surface area contributed by atoms with Crippen molar-refractivity contribution in [2.24, 2.45) is 17.3 Å². The number of benzene rings is 1. The molecule has 0 bridgehead atoms. The van der Waals surface area contributed by atoms with E-state index in [1.165, 1.54) is 30.6 Å². The first-order chi connectivity index (χ1) is 14.0. The van der Waals surface area contributed by atoms with Crippen LogP contribution in [-0.2, 0) is 20.7 Å². The van der Waals surface area contributed by atoms with Gasteiger partial charge < -0.3 is 9.84 Å². The molecule has 156 valence electrons. The third kappa shape index (κ3) is 4.62. The SMILES string of the molecule is O=C(O)C[C@@H](CC1CCC2(CC1)CC2)C(=O)N1C(=O)OC[C@@H]1Cc1ccccc1. The number of nitrogens with zero attached hydrogens (tertiary/aromatic N) is 1. The molecule has 1 N–H and O–H groups in total. The van der Waals surface area contributed by atoms with Crippen molar-refractivity contribution >= 4 is 18.0 Å². The molecule has 1 spiro atoms. The molecule has 1 aromatic carbocycles. The third-order valence-corrected chi connectivity index (χ3v) is 7.02. The zero-order valence-corrected chi connectivity index (χ0v) is 16.7. The van der Waals surface area contributed by atoms with Gasteiger partial charge in [-0.05, 0) is 68.3 Å². The Morgan fingerprint density at radius 3 is 2.45 bits per heavy atom. The van der Waals surface area contributed by atoms with E-state index in [1.54, 1.807) is 0 Å². The molecular formula is C23H29NO5. The van der Waals surface area contributed by atoms with Crippen molar-refractivity contribution in [2.45, 2.75) is 63.8 Å². The number of ether oxygens (including phenoxy) is 1. The summed E-state index contributed by atoms with van der Waals surface area (Å²) >= 11 is 0. The highest BCUT2D eigenvalue weighted by atomic mass is 16.6. The number of carboxylic acids is 1. The fourth-order valence-electron chi connectivity index (χ4n) is 5.05. The van der Waals surface area contributed by atoms with Crippen LogP contribution in [0, 0.1) is 17.3 Å². The normalized spacial score (nSPS) is 24.3. The van der Waals surface area contributed by atoms with Crippen molar-refractivity contribution in [3.05, 3.63) is 35.9 Å². The van der Waals surface area contributed by atoms with Crippen LogP contribution in [0.2, 0.25) is 0 Å². The van der Waals surface area contributed by atoms with Gasteiger partial charge in [0.1, 0.15) is 6.61 Å². The van der Waals surface area contributed by atoms with E-state index < -0.39 is 18.0 Å². The van der Waals surface area contributed by atoms with Crippen molar-refractivity contribution in [3.8, 4) is 0 Å². The first kappa shape index (κ1) is 19.9. The first-order valence-electron chi connectivity index (χ1n) is 10.7. The summed E-state index contributed by atoms with van der Waals surface area (Å²) in [6, 6.07) is 9.28. The van der Waals surface area contributed by atoms with Crippen LogP contribution in [0.25, 0.3) is 0 Å². The van der Waals surface area contributed by atoms with Crippen LogP contribution in [0.3, 0.4) is 0 Å². The summed E-state index contributed by atoms with van der Waals surface area (Å²) in [6.45, 7) is 0.158. The highest BCUT2D eigenvalue weighted by Gasteiger charge is 2.46. The molecule has 0 unspecified atom stereocenters. The second-order valence-corrected chi connectivity index (χ2v) is 9.10. The topological polar surface area (TPSA) is 83.9 Å².